The molecule has 0 amide bonds. The molecule has 2 aromatic carbocycles. The molecule has 0 nitrogen and oxygen atoms in total. The van der Waals surface area contributed by atoms with Crippen molar-refractivity contribution in [1.29, 1.82) is 0 Å². The van der Waals surface area contributed by atoms with Crippen molar-refractivity contribution in [3.05, 3.63) is 133 Å². The number of allylic oxidation sites excluding steroid dienone is 6. The summed E-state index contributed by atoms with van der Waals surface area (Å²) in [6.45, 7) is 25.9. The van der Waals surface area contributed by atoms with E-state index in [1.807, 2.05) is 32.1 Å². The molecule has 0 N–H and O–H groups in total. The Balaban J connectivity index is 0. The first-order valence-electron chi connectivity index (χ1n) is 11.4. The number of aryl methyl sites for hydroxylation is 1. The fourth-order valence-electron chi connectivity index (χ4n) is 2.89. The van der Waals surface area contributed by atoms with Crippen LogP contribution in [-0.4, -0.2) is 0 Å². The van der Waals surface area contributed by atoms with Crippen LogP contribution in [0, 0.1) is 6.92 Å². The van der Waals surface area contributed by atoms with Gasteiger partial charge >= 0.3 is 0 Å². The third kappa shape index (κ3) is 12.5. The smallest absolute Gasteiger partial charge is 0.00857 e. The standard InChI is InChI=1S/C19H24.C9H10.C2H6.C2H4/c1-5-8-12-17-13-10-11-15-19(17)18(14-9-6-2)16(4)7-3;1-3-9-6-4-8(2)5-7-9;2*1-2/h5-13,15,18H,1,14H2,2-4H3;3-7H,1H2,2H3;1-2H3;1-2H2/b9-6-,12-8-,16-7-;;;. The van der Waals surface area contributed by atoms with Crippen LogP contribution in [-0.2, 0) is 0 Å². The summed E-state index contributed by atoms with van der Waals surface area (Å²) in [4.78, 5) is 0. The molecular formula is C32H44. The zero-order valence-electron chi connectivity index (χ0n) is 21.3. The van der Waals surface area contributed by atoms with Crippen LogP contribution in [0.15, 0.2) is 111 Å². The van der Waals surface area contributed by atoms with Crippen LogP contribution >= 0.6 is 0 Å². The van der Waals surface area contributed by atoms with Crippen LogP contribution in [0.2, 0.25) is 0 Å². The van der Waals surface area contributed by atoms with Gasteiger partial charge in [-0.3, -0.25) is 0 Å². The number of hydrogen-bond acceptors (Lipinski definition) is 0. The van der Waals surface area contributed by atoms with Crippen LogP contribution in [0.1, 0.15) is 69.2 Å². The maximum absolute atomic E-state index is 3.74. The van der Waals surface area contributed by atoms with E-state index in [-0.39, 0.29) is 0 Å². The van der Waals surface area contributed by atoms with E-state index in [0.29, 0.717) is 5.92 Å². The number of benzene rings is 2. The molecule has 0 saturated carbocycles. The molecule has 0 aliphatic rings. The van der Waals surface area contributed by atoms with Gasteiger partial charge in [-0.25, -0.2) is 0 Å². The van der Waals surface area contributed by atoms with E-state index in [1.54, 1.807) is 0 Å². The molecule has 32 heavy (non-hydrogen) atoms. The van der Waals surface area contributed by atoms with Crippen molar-refractivity contribution in [2.45, 2.75) is 53.9 Å². The highest BCUT2D eigenvalue weighted by atomic mass is 14.2. The quantitative estimate of drug-likeness (QED) is 0.304. The predicted molar refractivity (Wildman–Crippen MR) is 151 cm³/mol. The zero-order chi connectivity index (χ0) is 24.8. The van der Waals surface area contributed by atoms with Gasteiger partial charge < -0.3 is 0 Å². The van der Waals surface area contributed by atoms with Crippen LogP contribution < -0.4 is 0 Å². The molecular weight excluding hydrogens is 384 g/mol. The lowest BCUT2D eigenvalue weighted by Crippen LogP contribution is -2.02. The molecule has 172 valence electrons. The molecule has 0 saturated heterocycles. The van der Waals surface area contributed by atoms with E-state index in [9.17, 15) is 0 Å². The minimum absolute atomic E-state index is 0.451. The first kappa shape index (κ1) is 31.1. The Morgan fingerprint density at radius 3 is 2.03 bits per heavy atom. The molecule has 0 fully saturated rings. The minimum atomic E-state index is 0.451. The van der Waals surface area contributed by atoms with Crippen molar-refractivity contribution in [1.82, 2.24) is 0 Å². The molecule has 0 radical (unpaired) electrons. The Labute approximate surface area is 199 Å². The average molecular weight is 429 g/mol. The van der Waals surface area contributed by atoms with Gasteiger partial charge in [0, 0.05) is 5.92 Å². The van der Waals surface area contributed by atoms with Crippen molar-refractivity contribution in [2.75, 3.05) is 0 Å². The third-order valence-corrected chi connectivity index (χ3v) is 4.71. The molecule has 0 aliphatic heterocycles. The highest BCUT2D eigenvalue weighted by Gasteiger charge is 2.14. The van der Waals surface area contributed by atoms with E-state index in [4.69, 9.17) is 0 Å². The van der Waals surface area contributed by atoms with Crippen LogP contribution in [0.4, 0.5) is 0 Å². The first-order valence-corrected chi connectivity index (χ1v) is 11.4. The summed E-state index contributed by atoms with van der Waals surface area (Å²) in [7, 11) is 0. The van der Waals surface area contributed by atoms with E-state index >= 15 is 0 Å². The second-order valence-electron chi connectivity index (χ2n) is 6.73. The molecule has 1 atom stereocenters. The van der Waals surface area contributed by atoms with E-state index in [2.05, 4.69) is 127 Å². The topological polar surface area (TPSA) is 0 Å². The van der Waals surface area contributed by atoms with Crippen LogP contribution in [0.3, 0.4) is 0 Å². The summed E-state index contributed by atoms with van der Waals surface area (Å²) in [5, 5.41) is 0. The zero-order valence-corrected chi connectivity index (χ0v) is 21.3. The Bertz CT molecular complexity index is 829. The van der Waals surface area contributed by atoms with Crippen molar-refractivity contribution in [3.63, 3.8) is 0 Å². The molecule has 0 aliphatic carbocycles. The molecule has 2 rings (SSSR count). The summed E-state index contributed by atoms with van der Waals surface area (Å²) >= 11 is 0. The summed E-state index contributed by atoms with van der Waals surface area (Å²) in [5.41, 5.74) is 6.55. The summed E-state index contributed by atoms with van der Waals surface area (Å²) < 4.78 is 0. The molecule has 0 heteroatoms. The highest BCUT2D eigenvalue weighted by Crippen LogP contribution is 2.31. The normalized spacial score (nSPS) is 11.2. The van der Waals surface area contributed by atoms with Gasteiger partial charge in [-0.2, -0.15) is 0 Å². The lowest BCUT2D eigenvalue weighted by atomic mass is 9.85. The summed E-state index contributed by atoms with van der Waals surface area (Å²) in [5.74, 6) is 0.451. The molecule has 0 spiro atoms. The van der Waals surface area contributed by atoms with Crippen molar-refractivity contribution < 1.29 is 0 Å². The molecule has 1 unspecified atom stereocenters. The largest absolute Gasteiger partial charge is 0.106 e. The highest BCUT2D eigenvalue weighted by molar-refractivity contribution is 5.57. The Morgan fingerprint density at radius 2 is 1.53 bits per heavy atom. The van der Waals surface area contributed by atoms with Gasteiger partial charge in [0.2, 0.25) is 0 Å². The van der Waals surface area contributed by atoms with Gasteiger partial charge in [0.25, 0.3) is 0 Å². The maximum Gasteiger partial charge on any atom is 0.00857 e. The van der Waals surface area contributed by atoms with Crippen LogP contribution in [0.5, 0.6) is 0 Å². The SMILES string of the molecule is C=C.C=C/C=C\c1ccccc1C(C/C=C\C)/C(C)=C\C.C=Cc1ccc(C)cc1.CC. The molecule has 0 bridgehead atoms. The summed E-state index contributed by atoms with van der Waals surface area (Å²) in [6.07, 6.45) is 15.4. The van der Waals surface area contributed by atoms with E-state index in [0.717, 1.165) is 6.42 Å². The van der Waals surface area contributed by atoms with Gasteiger partial charge in [0.05, 0.1) is 0 Å². The fraction of sp³-hybridized carbons (Fsp3) is 0.250. The number of rotatable bonds is 7. The van der Waals surface area contributed by atoms with Gasteiger partial charge in [0.15, 0.2) is 0 Å². The van der Waals surface area contributed by atoms with Crippen LogP contribution in [0.25, 0.3) is 12.2 Å². The second kappa shape index (κ2) is 21.1. The van der Waals surface area contributed by atoms with Gasteiger partial charge in [-0.1, -0.05) is 129 Å². The van der Waals surface area contributed by atoms with Gasteiger partial charge in [0.1, 0.15) is 0 Å². The number of hydrogen-bond donors (Lipinski definition) is 0. The van der Waals surface area contributed by atoms with E-state index < -0.39 is 0 Å². The predicted octanol–water partition coefficient (Wildman–Crippen LogP) is 10.4. The van der Waals surface area contributed by atoms with E-state index in [1.165, 1.54) is 27.8 Å². The van der Waals surface area contributed by atoms with Crippen molar-refractivity contribution in [2.24, 2.45) is 0 Å². The Hall–Kier alpha value is -3.12. The van der Waals surface area contributed by atoms with Crippen molar-refractivity contribution in [3.8, 4) is 0 Å². The average Bonchev–Trinajstić information content (AvgIpc) is 2.86. The minimum Gasteiger partial charge on any atom is -0.106 e. The first-order chi connectivity index (χ1) is 15.6. The Morgan fingerprint density at radius 1 is 0.938 bits per heavy atom. The van der Waals surface area contributed by atoms with Gasteiger partial charge in [-0.15, -0.1) is 13.2 Å². The van der Waals surface area contributed by atoms with Crippen molar-refractivity contribution >= 4 is 12.2 Å². The maximum atomic E-state index is 3.74. The molecule has 2 aromatic rings. The molecule has 0 aromatic heterocycles. The lowest BCUT2D eigenvalue weighted by Gasteiger charge is -2.19. The third-order valence-electron chi connectivity index (χ3n) is 4.71. The monoisotopic (exact) mass is 428 g/mol. The molecule has 0 heterocycles. The van der Waals surface area contributed by atoms with Gasteiger partial charge in [-0.05, 0) is 50.8 Å². The summed E-state index contributed by atoms with van der Waals surface area (Å²) in [6, 6.07) is 16.9. The lowest BCUT2D eigenvalue weighted by molar-refractivity contribution is 0.803. The fourth-order valence-corrected chi connectivity index (χ4v) is 2.89. The Kier molecular flexibility index (Phi) is 20.5. The second-order valence-corrected chi connectivity index (χ2v) is 6.73.